The molecule has 0 aliphatic carbocycles. The van der Waals surface area contributed by atoms with Crippen LogP contribution in [0.5, 0.6) is 0 Å². The predicted molar refractivity (Wildman–Crippen MR) is 78.9 cm³/mol. The minimum Gasteiger partial charge on any atom is -0.389 e. The van der Waals surface area contributed by atoms with Crippen molar-refractivity contribution in [1.29, 1.82) is 0 Å². The maximum Gasteiger partial charge on any atom is 0.159 e. The number of halogens is 2. The second kappa shape index (κ2) is 9.07. The van der Waals surface area contributed by atoms with E-state index < -0.39 is 17.7 Å². The van der Waals surface area contributed by atoms with Crippen LogP contribution in [0.15, 0.2) is 18.2 Å². The molecule has 120 valence electrons. The normalized spacial score (nSPS) is 14.4. The lowest BCUT2D eigenvalue weighted by Gasteiger charge is -2.18. The van der Waals surface area contributed by atoms with Gasteiger partial charge >= 0.3 is 0 Å². The highest BCUT2D eigenvalue weighted by atomic mass is 19.2. The van der Waals surface area contributed by atoms with Crippen LogP contribution in [0.2, 0.25) is 0 Å². The van der Waals surface area contributed by atoms with Gasteiger partial charge in [-0.1, -0.05) is 19.9 Å². The highest BCUT2D eigenvalue weighted by Crippen LogP contribution is 2.09. The average molecular weight is 301 g/mol. The van der Waals surface area contributed by atoms with Crippen molar-refractivity contribution in [2.45, 2.75) is 45.9 Å². The van der Waals surface area contributed by atoms with Crippen LogP contribution in [0.25, 0.3) is 0 Å². The molecule has 0 spiro atoms. The molecule has 2 unspecified atom stereocenters. The number of benzene rings is 1. The van der Waals surface area contributed by atoms with Crippen molar-refractivity contribution in [1.82, 2.24) is 5.32 Å². The van der Waals surface area contributed by atoms with E-state index in [1.165, 1.54) is 6.07 Å². The second-order valence-electron chi connectivity index (χ2n) is 5.81. The maximum atomic E-state index is 13.0. The van der Waals surface area contributed by atoms with E-state index >= 15 is 0 Å². The summed E-state index contributed by atoms with van der Waals surface area (Å²) < 4.78 is 31.3. The van der Waals surface area contributed by atoms with Crippen molar-refractivity contribution in [3.63, 3.8) is 0 Å². The van der Waals surface area contributed by atoms with Gasteiger partial charge in [-0.05, 0) is 37.0 Å². The number of aliphatic hydroxyl groups excluding tert-OH is 1. The van der Waals surface area contributed by atoms with E-state index in [0.717, 1.165) is 18.6 Å². The first-order valence-electron chi connectivity index (χ1n) is 7.32. The minimum atomic E-state index is -0.860. The number of nitrogens with one attached hydrogen (secondary N) is 1. The van der Waals surface area contributed by atoms with E-state index in [9.17, 15) is 13.9 Å². The van der Waals surface area contributed by atoms with Crippen LogP contribution in [-0.2, 0) is 11.3 Å². The Kier molecular flexibility index (Phi) is 7.78. The molecular formula is C16H25F2NO2. The standard InChI is InChI=1S/C16H25F2NO2/c1-11(2)6-12(3)21-10-14(20)9-19-8-13-4-5-15(17)16(18)7-13/h4-5,7,11-12,14,19-20H,6,8-10H2,1-3H3. The van der Waals surface area contributed by atoms with Gasteiger partial charge in [-0.15, -0.1) is 0 Å². The Morgan fingerprint density at radius 3 is 2.52 bits per heavy atom. The topological polar surface area (TPSA) is 41.5 Å². The van der Waals surface area contributed by atoms with Crippen LogP contribution >= 0.6 is 0 Å². The molecule has 0 aliphatic rings. The first-order chi connectivity index (χ1) is 9.88. The molecular weight excluding hydrogens is 276 g/mol. The summed E-state index contributed by atoms with van der Waals surface area (Å²) in [7, 11) is 0. The van der Waals surface area contributed by atoms with Crippen molar-refractivity contribution in [2.24, 2.45) is 5.92 Å². The lowest BCUT2D eigenvalue weighted by Crippen LogP contribution is -2.31. The van der Waals surface area contributed by atoms with Crippen LogP contribution in [-0.4, -0.2) is 30.5 Å². The van der Waals surface area contributed by atoms with Gasteiger partial charge in [-0.25, -0.2) is 8.78 Å². The summed E-state index contributed by atoms with van der Waals surface area (Å²) in [4.78, 5) is 0. The first-order valence-corrected chi connectivity index (χ1v) is 7.32. The van der Waals surface area contributed by atoms with Gasteiger partial charge in [0, 0.05) is 13.1 Å². The summed E-state index contributed by atoms with van der Waals surface area (Å²) in [5.74, 6) is -1.16. The SMILES string of the molecule is CC(C)CC(C)OCC(O)CNCc1ccc(F)c(F)c1. The third kappa shape index (κ3) is 7.50. The van der Waals surface area contributed by atoms with Gasteiger partial charge in [0.05, 0.1) is 18.8 Å². The Morgan fingerprint density at radius 1 is 1.19 bits per heavy atom. The summed E-state index contributed by atoms with van der Waals surface area (Å²) >= 11 is 0. The maximum absolute atomic E-state index is 13.0. The number of aliphatic hydroxyl groups is 1. The van der Waals surface area contributed by atoms with Crippen LogP contribution in [0.3, 0.4) is 0 Å². The Balaban J connectivity index is 2.21. The van der Waals surface area contributed by atoms with Crippen LogP contribution in [0.4, 0.5) is 8.78 Å². The molecule has 0 aromatic heterocycles. The number of hydrogen-bond donors (Lipinski definition) is 2. The zero-order chi connectivity index (χ0) is 15.8. The van der Waals surface area contributed by atoms with Crippen molar-refractivity contribution in [3.8, 4) is 0 Å². The Labute approximate surface area is 125 Å². The summed E-state index contributed by atoms with van der Waals surface area (Å²) in [6.45, 7) is 7.21. The molecule has 0 bridgehead atoms. The molecule has 1 rings (SSSR count). The minimum absolute atomic E-state index is 0.117. The zero-order valence-electron chi connectivity index (χ0n) is 12.9. The lowest BCUT2D eigenvalue weighted by molar-refractivity contribution is -0.00857. The highest BCUT2D eigenvalue weighted by Gasteiger charge is 2.10. The van der Waals surface area contributed by atoms with Gasteiger partial charge < -0.3 is 15.2 Å². The quantitative estimate of drug-likeness (QED) is 0.737. The van der Waals surface area contributed by atoms with Crippen molar-refractivity contribution in [2.75, 3.05) is 13.2 Å². The Hall–Kier alpha value is -1.04. The molecule has 2 atom stereocenters. The molecule has 0 amide bonds. The molecule has 0 radical (unpaired) electrons. The summed E-state index contributed by atoms with van der Waals surface area (Å²) in [6, 6.07) is 3.76. The number of ether oxygens (including phenoxy) is 1. The first kappa shape index (κ1) is 18.0. The third-order valence-electron chi connectivity index (χ3n) is 3.07. The van der Waals surface area contributed by atoms with E-state index in [4.69, 9.17) is 4.74 Å². The fraction of sp³-hybridized carbons (Fsp3) is 0.625. The fourth-order valence-electron chi connectivity index (χ4n) is 2.10. The monoisotopic (exact) mass is 301 g/mol. The van der Waals surface area contributed by atoms with Crippen LogP contribution in [0.1, 0.15) is 32.8 Å². The van der Waals surface area contributed by atoms with Crippen molar-refractivity contribution >= 4 is 0 Å². The second-order valence-corrected chi connectivity index (χ2v) is 5.81. The lowest BCUT2D eigenvalue weighted by atomic mass is 10.1. The molecule has 2 N–H and O–H groups in total. The summed E-state index contributed by atoms with van der Waals surface area (Å²) in [5.41, 5.74) is 0.634. The Bertz CT molecular complexity index is 427. The van der Waals surface area contributed by atoms with E-state index in [2.05, 4.69) is 19.2 Å². The van der Waals surface area contributed by atoms with Crippen LogP contribution < -0.4 is 5.32 Å². The molecule has 3 nitrogen and oxygen atoms in total. The molecule has 21 heavy (non-hydrogen) atoms. The number of hydrogen-bond acceptors (Lipinski definition) is 3. The molecule has 0 saturated carbocycles. The van der Waals surface area contributed by atoms with Gasteiger partial charge in [-0.2, -0.15) is 0 Å². The van der Waals surface area contributed by atoms with Crippen molar-refractivity contribution < 1.29 is 18.6 Å². The summed E-state index contributed by atoms with van der Waals surface area (Å²) in [6.07, 6.45) is 0.449. The van der Waals surface area contributed by atoms with E-state index in [0.29, 0.717) is 24.6 Å². The predicted octanol–water partition coefficient (Wildman–Crippen LogP) is 2.87. The van der Waals surface area contributed by atoms with E-state index in [1.807, 2.05) is 6.92 Å². The Morgan fingerprint density at radius 2 is 1.90 bits per heavy atom. The van der Waals surface area contributed by atoms with E-state index in [1.54, 1.807) is 0 Å². The molecule has 0 saturated heterocycles. The summed E-state index contributed by atoms with van der Waals surface area (Å²) in [5, 5.41) is 12.8. The fourth-order valence-corrected chi connectivity index (χ4v) is 2.10. The molecule has 0 heterocycles. The smallest absolute Gasteiger partial charge is 0.159 e. The van der Waals surface area contributed by atoms with Gasteiger partial charge in [0.15, 0.2) is 11.6 Å². The molecule has 1 aromatic carbocycles. The largest absolute Gasteiger partial charge is 0.389 e. The third-order valence-corrected chi connectivity index (χ3v) is 3.07. The van der Waals surface area contributed by atoms with Crippen LogP contribution in [0, 0.1) is 17.6 Å². The van der Waals surface area contributed by atoms with Crippen molar-refractivity contribution in [3.05, 3.63) is 35.4 Å². The van der Waals surface area contributed by atoms with E-state index in [-0.39, 0.29) is 12.7 Å². The molecule has 0 fully saturated rings. The van der Waals surface area contributed by atoms with Gasteiger partial charge in [-0.3, -0.25) is 0 Å². The van der Waals surface area contributed by atoms with Gasteiger partial charge in [0.1, 0.15) is 0 Å². The van der Waals surface area contributed by atoms with Gasteiger partial charge in [0.25, 0.3) is 0 Å². The molecule has 0 aliphatic heterocycles. The van der Waals surface area contributed by atoms with Gasteiger partial charge in [0.2, 0.25) is 0 Å². The molecule has 1 aromatic rings. The number of rotatable bonds is 9. The molecule has 5 heteroatoms. The highest BCUT2D eigenvalue weighted by molar-refractivity contribution is 5.17. The average Bonchev–Trinajstić information content (AvgIpc) is 2.40. The zero-order valence-corrected chi connectivity index (χ0v) is 12.9.